The van der Waals surface area contributed by atoms with Crippen molar-refractivity contribution >= 4 is 16.9 Å². The van der Waals surface area contributed by atoms with E-state index in [2.05, 4.69) is 28.1 Å². The minimum absolute atomic E-state index is 0.137. The van der Waals surface area contributed by atoms with Gasteiger partial charge in [-0.3, -0.25) is 9.78 Å². The molecule has 0 bridgehead atoms. The van der Waals surface area contributed by atoms with Gasteiger partial charge in [-0.05, 0) is 37.7 Å². The van der Waals surface area contributed by atoms with Crippen molar-refractivity contribution in [2.75, 3.05) is 20.2 Å². The molecule has 0 aliphatic rings. The molecular weight excluding hydrogens is 252 g/mol. The molecule has 2 aromatic rings. The van der Waals surface area contributed by atoms with E-state index in [9.17, 15) is 4.79 Å². The molecule has 1 heterocycles. The van der Waals surface area contributed by atoms with Crippen LogP contribution < -0.4 is 0 Å². The first-order valence-electron chi connectivity index (χ1n) is 6.87. The van der Waals surface area contributed by atoms with E-state index in [4.69, 9.17) is 4.74 Å². The van der Waals surface area contributed by atoms with E-state index in [0.29, 0.717) is 19.6 Å². The molecule has 0 saturated carbocycles. The van der Waals surface area contributed by atoms with Crippen LogP contribution in [0.4, 0.5) is 0 Å². The lowest BCUT2D eigenvalue weighted by atomic mass is 10.1. The second kappa shape index (κ2) is 7.01. The minimum atomic E-state index is -0.137. The Kier molecular flexibility index (Phi) is 5.07. The number of esters is 1. The van der Waals surface area contributed by atoms with Crippen molar-refractivity contribution in [1.82, 2.24) is 9.88 Å². The van der Waals surface area contributed by atoms with Crippen LogP contribution in [0.25, 0.3) is 10.9 Å². The molecule has 0 aliphatic carbocycles. The SMILES string of the molecule is CCOC(=O)CCN(C)Cc1ccc2ncccc2c1. The highest BCUT2D eigenvalue weighted by Crippen LogP contribution is 2.14. The van der Waals surface area contributed by atoms with Crippen molar-refractivity contribution in [3.63, 3.8) is 0 Å². The van der Waals surface area contributed by atoms with Crippen LogP contribution in [0.3, 0.4) is 0 Å². The normalized spacial score (nSPS) is 10.9. The molecule has 0 radical (unpaired) electrons. The number of rotatable bonds is 6. The van der Waals surface area contributed by atoms with Gasteiger partial charge in [0.15, 0.2) is 0 Å². The van der Waals surface area contributed by atoms with Crippen LogP contribution in [0, 0.1) is 0 Å². The van der Waals surface area contributed by atoms with Crippen LogP contribution in [-0.4, -0.2) is 36.1 Å². The molecule has 0 saturated heterocycles. The van der Waals surface area contributed by atoms with Gasteiger partial charge in [-0.15, -0.1) is 0 Å². The van der Waals surface area contributed by atoms with Gasteiger partial charge in [0.1, 0.15) is 0 Å². The Morgan fingerprint density at radius 2 is 2.20 bits per heavy atom. The smallest absolute Gasteiger partial charge is 0.307 e. The molecule has 1 aromatic heterocycles. The Morgan fingerprint density at radius 3 is 3.00 bits per heavy atom. The molecule has 0 amide bonds. The van der Waals surface area contributed by atoms with E-state index >= 15 is 0 Å². The fourth-order valence-corrected chi connectivity index (χ4v) is 2.13. The maximum Gasteiger partial charge on any atom is 0.307 e. The molecule has 0 fully saturated rings. The van der Waals surface area contributed by atoms with Crippen LogP contribution in [0.15, 0.2) is 36.5 Å². The van der Waals surface area contributed by atoms with Gasteiger partial charge in [-0.25, -0.2) is 0 Å². The van der Waals surface area contributed by atoms with Crippen LogP contribution in [0.1, 0.15) is 18.9 Å². The number of fused-ring (bicyclic) bond motifs is 1. The van der Waals surface area contributed by atoms with E-state index in [-0.39, 0.29) is 5.97 Å². The van der Waals surface area contributed by atoms with Crippen molar-refractivity contribution < 1.29 is 9.53 Å². The number of carbonyl (C=O) groups is 1. The number of aromatic nitrogens is 1. The summed E-state index contributed by atoms with van der Waals surface area (Å²) < 4.78 is 4.93. The van der Waals surface area contributed by atoms with E-state index in [1.54, 1.807) is 6.20 Å². The zero-order valence-electron chi connectivity index (χ0n) is 12.0. The molecule has 0 unspecified atom stereocenters. The van der Waals surface area contributed by atoms with Gasteiger partial charge in [0, 0.05) is 24.7 Å². The number of benzene rings is 1. The van der Waals surface area contributed by atoms with E-state index in [1.807, 2.05) is 26.1 Å². The molecule has 1 aromatic carbocycles. The van der Waals surface area contributed by atoms with Crippen LogP contribution in [0.2, 0.25) is 0 Å². The van der Waals surface area contributed by atoms with Gasteiger partial charge in [-0.1, -0.05) is 12.1 Å². The van der Waals surface area contributed by atoms with Gasteiger partial charge < -0.3 is 9.64 Å². The summed E-state index contributed by atoms with van der Waals surface area (Å²) in [5.74, 6) is -0.137. The Bertz CT molecular complexity index is 583. The molecule has 2 rings (SSSR count). The summed E-state index contributed by atoms with van der Waals surface area (Å²) in [5, 5.41) is 1.14. The first-order valence-corrected chi connectivity index (χ1v) is 6.87. The summed E-state index contributed by atoms with van der Waals surface area (Å²) in [6.07, 6.45) is 2.23. The van der Waals surface area contributed by atoms with Gasteiger partial charge in [0.25, 0.3) is 0 Å². The van der Waals surface area contributed by atoms with Gasteiger partial charge in [0.05, 0.1) is 18.5 Å². The highest BCUT2D eigenvalue weighted by Gasteiger charge is 2.06. The molecule has 0 spiro atoms. The maximum absolute atomic E-state index is 11.3. The standard InChI is InChI=1S/C16H20N2O2/c1-3-20-16(19)8-10-18(2)12-13-6-7-15-14(11-13)5-4-9-17-15/h4-7,9,11H,3,8,10,12H2,1-2H3. The lowest BCUT2D eigenvalue weighted by molar-refractivity contribution is -0.143. The van der Waals surface area contributed by atoms with E-state index in [0.717, 1.165) is 17.4 Å². The first-order chi connectivity index (χ1) is 9.69. The monoisotopic (exact) mass is 272 g/mol. The average molecular weight is 272 g/mol. The second-order valence-corrected chi connectivity index (χ2v) is 4.82. The lowest BCUT2D eigenvalue weighted by Crippen LogP contribution is -2.22. The van der Waals surface area contributed by atoms with Crippen molar-refractivity contribution in [1.29, 1.82) is 0 Å². The third-order valence-electron chi connectivity index (χ3n) is 3.12. The van der Waals surface area contributed by atoms with Crippen molar-refractivity contribution in [2.45, 2.75) is 19.9 Å². The third-order valence-corrected chi connectivity index (χ3v) is 3.12. The van der Waals surface area contributed by atoms with Gasteiger partial charge in [-0.2, -0.15) is 0 Å². The summed E-state index contributed by atoms with van der Waals surface area (Å²) in [4.78, 5) is 17.7. The quantitative estimate of drug-likeness (QED) is 0.758. The number of ether oxygens (including phenoxy) is 1. The van der Waals surface area contributed by atoms with Crippen molar-refractivity contribution in [3.05, 3.63) is 42.1 Å². The minimum Gasteiger partial charge on any atom is -0.466 e. The van der Waals surface area contributed by atoms with Crippen molar-refractivity contribution in [2.24, 2.45) is 0 Å². The summed E-state index contributed by atoms with van der Waals surface area (Å²) >= 11 is 0. The van der Waals surface area contributed by atoms with Crippen molar-refractivity contribution in [3.8, 4) is 0 Å². The largest absolute Gasteiger partial charge is 0.466 e. The zero-order valence-corrected chi connectivity index (χ0v) is 12.0. The molecule has 0 N–H and O–H groups in total. The summed E-state index contributed by atoms with van der Waals surface area (Å²) in [6, 6.07) is 10.3. The van der Waals surface area contributed by atoms with Crippen LogP contribution in [-0.2, 0) is 16.1 Å². The molecule has 106 valence electrons. The Hall–Kier alpha value is -1.94. The fraction of sp³-hybridized carbons (Fsp3) is 0.375. The molecular formula is C16H20N2O2. The summed E-state index contributed by atoms with van der Waals surface area (Å²) in [6.45, 7) is 3.78. The fourth-order valence-electron chi connectivity index (χ4n) is 2.13. The molecule has 0 aliphatic heterocycles. The second-order valence-electron chi connectivity index (χ2n) is 4.82. The van der Waals surface area contributed by atoms with E-state index < -0.39 is 0 Å². The highest BCUT2D eigenvalue weighted by molar-refractivity contribution is 5.78. The van der Waals surface area contributed by atoms with Crippen LogP contribution in [0.5, 0.6) is 0 Å². The Labute approximate surface area is 119 Å². The van der Waals surface area contributed by atoms with Crippen LogP contribution >= 0.6 is 0 Å². The first kappa shape index (κ1) is 14.5. The van der Waals surface area contributed by atoms with Gasteiger partial charge >= 0.3 is 5.97 Å². The predicted octanol–water partition coefficient (Wildman–Crippen LogP) is 2.62. The molecule has 4 nitrogen and oxygen atoms in total. The van der Waals surface area contributed by atoms with Gasteiger partial charge in [0.2, 0.25) is 0 Å². The molecule has 0 atom stereocenters. The molecule has 4 heteroatoms. The number of nitrogens with zero attached hydrogens (tertiary/aromatic N) is 2. The molecule has 20 heavy (non-hydrogen) atoms. The number of hydrogen-bond donors (Lipinski definition) is 0. The summed E-state index contributed by atoms with van der Waals surface area (Å²) in [5.41, 5.74) is 2.22. The number of carbonyl (C=O) groups excluding carboxylic acids is 1. The highest BCUT2D eigenvalue weighted by atomic mass is 16.5. The lowest BCUT2D eigenvalue weighted by Gasteiger charge is -2.16. The maximum atomic E-state index is 11.3. The predicted molar refractivity (Wildman–Crippen MR) is 79.3 cm³/mol. The Balaban J connectivity index is 1.92. The third kappa shape index (κ3) is 4.03. The zero-order chi connectivity index (χ0) is 14.4. The summed E-state index contributed by atoms with van der Waals surface area (Å²) in [7, 11) is 2.01. The van der Waals surface area contributed by atoms with E-state index in [1.165, 1.54) is 5.56 Å². The Morgan fingerprint density at radius 1 is 1.35 bits per heavy atom. The number of pyridine rings is 1. The average Bonchev–Trinajstić information content (AvgIpc) is 2.45. The number of hydrogen-bond acceptors (Lipinski definition) is 4. The topological polar surface area (TPSA) is 42.4 Å².